The van der Waals surface area contributed by atoms with Gasteiger partial charge in [-0.15, -0.1) is 0 Å². The number of rotatable bonds is 6. The number of aryl methyl sites for hydroxylation is 1. The van der Waals surface area contributed by atoms with Crippen LogP contribution >= 0.6 is 0 Å². The van der Waals surface area contributed by atoms with E-state index >= 15 is 0 Å². The number of esters is 1. The van der Waals surface area contributed by atoms with Gasteiger partial charge in [-0.1, -0.05) is 20.3 Å². The lowest BCUT2D eigenvalue weighted by atomic mass is 9.99. The van der Waals surface area contributed by atoms with Crippen LogP contribution in [0.5, 0.6) is 0 Å². The Bertz CT molecular complexity index is 472. The molecule has 4 heteroatoms. The molecule has 20 heavy (non-hydrogen) atoms. The summed E-state index contributed by atoms with van der Waals surface area (Å²) in [5, 5.41) is 3.43. The second kappa shape index (κ2) is 7.17. The number of hydrogen-bond donors (Lipinski definition) is 2. The van der Waals surface area contributed by atoms with Crippen molar-refractivity contribution < 1.29 is 9.53 Å². The summed E-state index contributed by atoms with van der Waals surface area (Å²) in [7, 11) is 1.36. The normalized spacial score (nSPS) is 13.7. The molecular weight excluding hydrogens is 252 g/mol. The number of carbonyl (C=O) groups excluding carboxylic acids is 1. The summed E-state index contributed by atoms with van der Waals surface area (Å²) < 4.78 is 4.77. The zero-order chi connectivity index (χ0) is 15.3. The Labute approximate surface area is 121 Å². The van der Waals surface area contributed by atoms with Crippen molar-refractivity contribution in [1.29, 1.82) is 0 Å². The standard InChI is InChI=1S/C16H26N2O2/c1-6-10(2)7-12(4)18-13-8-11(3)15(17)14(9-13)16(19)20-5/h8-10,12,18H,6-7,17H2,1-5H3. The van der Waals surface area contributed by atoms with Crippen molar-refractivity contribution in [1.82, 2.24) is 0 Å². The molecule has 1 aromatic rings. The number of ether oxygens (including phenoxy) is 1. The molecule has 0 heterocycles. The molecule has 4 nitrogen and oxygen atoms in total. The number of hydrogen-bond acceptors (Lipinski definition) is 4. The van der Waals surface area contributed by atoms with E-state index in [0.29, 0.717) is 23.2 Å². The number of nitrogen functional groups attached to an aromatic ring is 1. The lowest BCUT2D eigenvalue weighted by Crippen LogP contribution is -2.19. The largest absolute Gasteiger partial charge is 0.465 e. The first-order valence-electron chi connectivity index (χ1n) is 7.14. The van der Waals surface area contributed by atoms with Gasteiger partial charge in [0.2, 0.25) is 0 Å². The van der Waals surface area contributed by atoms with Gasteiger partial charge in [-0.2, -0.15) is 0 Å². The Hall–Kier alpha value is -1.71. The minimum absolute atomic E-state index is 0.346. The van der Waals surface area contributed by atoms with E-state index in [9.17, 15) is 4.79 Å². The van der Waals surface area contributed by atoms with Crippen molar-refractivity contribution >= 4 is 17.3 Å². The minimum Gasteiger partial charge on any atom is -0.465 e. The number of benzene rings is 1. The van der Waals surface area contributed by atoms with Crippen LogP contribution in [-0.4, -0.2) is 19.1 Å². The summed E-state index contributed by atoms with van der Waals surface area (Å²) in [5.74, 6) is 0.274. The lowest BCUT2D eigenvalue weighted by molar-refractivity contribution is 0.0602. The van der Waals surface area contributed by atoms with Crippen LogP contribution in [0.2, 0.25) is 0 Å². The number of anilines is 2. The molecule has 1 rings (SSSR count). The summed E-state index contributed by atoms with van der Waals surface area (Å²) in [4.78, 5) is 11.7. The van der Waals surface area contributed by atoms with Crippen LogP contribution < -0.4 is 11.1 Å². The van der Waals surface area contributed by atoms with E-state index in [-0.39, 0.29) is 0 Å². The molecule has 0 saturated carbocycles. The Balaban J connectivity index is 2.91. The first kappa shape index (κ1) is 16.3. The Morgan fingerprint density at radius 3 is 2.60 bits per heavy atom. The maximum absolute atomic E-state index is 11.7. The van der Waals surface area contributed by atoms with Gasteiger partial charge in [-0.05, 0) is 43.9 Å². The number of carbonyl (C=O) groups is 1. The van der Waals surface area contributed by atoms with Crippen LogP contribution in [0, 0.1) is 12.8 Å². The predicted octanol–water partition coefficient (Wildman–Crippen LogP) is 3.60. The molecule has 0 aliphatic carbocycles. The SMILES string of the molecule is CCC(C)CC(C)Nc1cc(C)c(N)c(C(=O)OC)c1. The van der Waals surface area contributed by atoms with Crippen molar-refractivity contribution in [3.8, 4) is 0 Å². The van der Waals surface area contributed by atoms with Crippen LogP contribution in [0.15, 0.2) is 12.1 Å². The minimum atomic E-state index is -0.399. The molecule has 0 aromatic heterocycles. The van der Waals surface area contributed by atoms with Gasteiger partial charge in [0.15, 0.2) is 0 Å². The molecule has 0 aliphatic rings. The summed E-state index contributed by atoms with van der Waals surface area (Å²) in [6.45, 7) is 8.48. The van der Waals surface area contributed by atoms with Crippen molar-refractivity contribution in [2.24, 2.45) is 5.92 Å². The Kier molecular flexibility index (Phi) is 5.86. The van der Waals surface area contributed by atoms with Gasteiger partial charge in [0.1, 0.15) is 0 Å². The van der Waals surface area contributed by atoms with Crippen LogP contribution in [0.25, 0.3) is 0 Å². The van der Waals surface area contributed by atoms with Crippen molar-refractivity contribution in [2.45, 2.75) is 46.6 Å². The molecule has 0 amide bonds. The topological polar surface area (TPSA) is 64.3 Å². The molecule has 3 N–H and O–H groups in total. The highest BCUT2D eigenvalue weighted by Gasteiger charge is 2.14. The van der Waals surface area contributed by atoms with E-state index in [0.717, 1.165) is 17.7 Å². The van der Waals surface area contributed by atoms with Crippen LogP contribution in [0.1, 0.15) is 49.5 Å². The van der Waals surface area contributed by atoms with E-state index in [4.69, 9.17) is 10.5 Å². The zero-order valence-electron chi connectivity index (χ0n) is 13.1. The smallest absolute Gasteiger partial charge is 0.340 e. The fourth-order valence-corrected chi connectivity index (χ4v) is 2.27. The third-order valence-electron chi connectivity index (χ3n) is 3.66. The van der Waals surface area contributed by atoms with E-state index in [1.807, 2.05) is 13.0 Å². The highest BCUT2D eigenvalue weighted by atomic mass is 16.5. The third kappa shape index (κ3) is 4.15. The third-order valence-corrected chi connectivity index (χ3v) is 3.66. The quantitative estimate of drug-likeness (QED) is 0.616. The molecule has 2 unspecified atom stereocenters. The molecular formula is C16H26N2O2. The van der Waals surface area contributed by atoms with Crippen molar-refractivity contribution in [2.75, 3.05) is 18.2 Å². The zero-order valence-corrected chi connectivity index (χ0v) is 13.1. The van der Waals surface area contributed by atoms with Crippen LogP contribution in [-0.2, 0) is 4.74 Å². The number of methoxy groups -OCH3 is 1. The van der Waals surface area contributed by atoms with Crippen LogP contribution in [0.4, 0.5) is 11.4 Å². The van der Waals surface area contributed by atoms with Gasteiger partial charge in [0.25, 0.3) is 0 Å². The molecule has 0 bridgehead atoms. The first-order chi connectivity index (χ1) is 9.38. The molecule has 0 spiro atoms. The first-order valence-corrected chi connectivity index (χ1v) is 7.14. The van der Waals surface area contributed by atoms with Gasteiger partial charge in [0, 0.05) is 17.4 Å². The molecule has 0 saturated heterocycles. The molecule has 0 fully saturated rings. The predicted molar refractivity (Wildman–Crippen MR) is 84.1 cm³/mol. The number of nitrogens with two attached hydrogens (primary N) is 1. The van der Waals surface area contributed by atoms with Gasteiger partial charge in [-0.25, -0.2) is 4.79 Å². The lowest BCUT2D eigenvalue weighted by Gasteiger charge is -2.20. The van der Waals surface area contributed by atoms with Gasteiger partial charge in [-0.3, -0.25) is 0 Å². The monoisotopic (exact) mass is 278 g/mol. The van der Waals surface area contributed by atoms with Crippen molar-refractivity contribution in [3.05, 3.63) is 23.3 Å². The van der Waals surface area contributed by atoms with Crippen molar-refractivity contribution in [3.63, 3.8) is 0 Å². The molecule has 2 atom stereocenters. The van der Waals surface area contributed by atoms with E-state index in [2.05, 4.69) is 26.1 Å². The van der Waals surface area contributed by atoms with E-state index in [1.165, 1.54) is 13.5 Å². The molecule has 112 valence electrons. The fourth-order valence-electron chi connectivity index (χ4n) is 2.27. The van der Waals surface area contributed by atoms with Gasteiger partial charge < -0.3 is 15.8 Å². The van der Waals surface area contributed by atoms with Gasteiger partial charge in [0.05, 0.1) is 12.7 Å². The highest BCUT2D eigenvalue weighted by molar-refractivity contribution is 5.97. The summed E-state index contributed by atoms with van der Waals surface area (Å²) in [5.41, 5.74) is 8.63. The molecule has 1 aromatic carbocycles. The highest BCUT2D eigenvalue weighted by Crippen LogP contribution is 2.25. The van der Waals surface area contributed by atoms with E-state index in [1.54, 1.807) is 6.07 Å². The number of nitrogens with one attached hydrogen (secondary N) is 1. The Morgan fingerprint density at radius 2 is 2.05 bits per heavy atom. The second-order valence-electron chi connectivity index (χ2n) is 5.54. The van der Waals surface area contributed by atoms with Gasteiger partial charge >= 0.3 is 5.97 Å². The maximum atomic E-state index is 11.7. The molecule has 0 aliphatic heterocycles. The second-order valence-corrected chi connectivity index (χ2v) is 5.54. The molecule has 0 radical (unpaired) electrons. The average molecular weight is 278 g/mol. The summed E-state index contributed by atoms with van der Waals surface area (Å²) in [6, 6.07) is 4.08. The Morgan fingerprint density at radius 1 is 1.40 bits per heavy atom. The summed E-state index contributed by atoms with van der Waals surface area (Å²) >= 11 is 0. The summed E-state index contributed by atoms with van der Waals surface area (Å²) in [6.07, 6.45) is 2.26. The maximum Gasteiger partial charge on any atom is 0.340 e. The fraction of sp³-hybridized carbons (Fsp3) is 0.562. The average Bonchev–Trinajstić information content (AvgIpc) is 2.41. The van der Waals surface area contributed by atoms with E-state index < -0.39 is 5.97 Å². The van der Waals surface area contributed by atoms with Crippen LogP contribution in [0.3, 0.4) is 0 Å².